The second kappa shape index (κ2) is 7.42. The van der Waals surface area contributed by atoms with Crippen molar-refractivity contribution in [3.63, 3.8) is 0 Å². The summed E-state index contributed by atoms with van der Waals surface area (Å²) in [6.07, 6.45) is 8.57. The predicted octanol–water partition coefficient (Wildman–Crippen LogP) is 2.59. The zero-order valence-electron chi connectivity index (χ0n) is 17.8. The van der Waals surface area contributed by atoms with Crippen LogP contribution in [0.2, 0.25) is 0 Å². The summed E-state index contributed by atoms with van der Waals surface area (Å²) in [5.74, 6) is -2.96. The number of amides is 1. The molecule has 1 aliphatic carbocycles. The first-order valence-corrected chi connectivity index (χ1v) is 10.8. The van der Waals surface area contributed by atoms with Gasteiger partial charge in [-0.1, -0.05) is 0 Å². The minimum Gasteiger partial charge on any atom is -0.354 e. The van der Waals surface area contributed by atoms with E-state index in [1.807, 2.05) is 31.3 Å². The molecule has 10 heteroatoms. The number of hydrogen-bond acceptors (Lipinski definition) is 6. The molecule has 0 unspecified atom stereocenters. The molecule has 1 amide bonds. The highest BCUT2D eigenvalue weighted by molar-refractivity contribution is 5.83. The van der Waals surface area contributed by atoms with E-state index in [9.17, 15) is 13.6 Å². The van der Waals surface area contributed by atoms with Crippen molar-refractivity contribution in [2.75, 3.05) is 29.9 Å². The normalized spacial score (nSPS) is 27.0. The van der Waals surface area contributed by atoms with Crippen LogP contribution in [0.5, 0.6) is 0 Å². The Morgan fingerprint density at radius 3 is 2.74 bits per heavy atom. The van der Waals surface area contributed by atoms with Crippen molar-refractivity contribution in [2.45, 2.75) is 50.1 Å². The van der Waals surface area contributed by atoms with Crippen molar-refractivity contribution < 1.29 is 13.6 Å². The van der Waals surface area contributed by atoms with Crippen LogP contribution in [0.15, 0.2) is 24.7 Å². The Morgan fingerprint density at radius 2 is 2.03 bits per heavy atom. The second-order valence-corrected chi connectivity index (χ2v) is 8.88. The third-order valence-electron chi connectivity index (χ3n) is 6.73. The first-order valence-electron chi connectivity index (χ1n) is 10.8. The topological polar surface area (TPSA) is 70.4 Å². The van der Waals surface area contributed by atoms with Crippen LogP contribution in [0.25, 0.3) is 0 Å². The minimum absolute atomic E-state index is 0.0343. The van der Waals surface area contributed by atoms with Gasteiger partial charge in [-0.25, -0.2) is 13.8 Å². The number of anilines is 3. The average Bonchev–Trinajstić information content (AvgIpc) is 3.21. The fourth-order valence-corrected chi connectivity index (χ4v) is 4.88. The van der Waals surface area contributed by atoms with Gasteiger partial charge in [0.2, 0.25) is 11.9 Å². The SMILES string of the molecule is CN(c1cnn(C)c1)c1nccc(N2CC[C@@H]3CCC[C@@H](C2)N3C(=O)[C@@H]2CC2(F)F)n1. The van der Waals surface area contributed by atoms with Crippen LogP contribution in [0.3, 0.4) is 0 Å². The Labute approximate surface area is 179 Å². The summed E-state index contributed by atoms with van der Waals surface area (Å²) < 4.78 is 28.9. The summed E-state index contributed by atoms with van der Waals surface area (Å²) in [5, 5.41) is 4.20. The number of nitrogens with zero attached hydrogens (tertiary/aromatic N) is 7. The van der Waals surface area contributed by atoms with Gasteiger partial charge in [-0.15, -0.1) is 0 Å². The highest BCUT2D eigenvalue weighted by Gasteiger charge is 2.63. The molecular weight excluding hydrogens is 404 g/mol. The molecule has 8 nitrogen and oxygen atoms in total. The van der Waals surface area contributed by atoms with Crippen LogP contribution < -0.4 is 9.80 Å². The van der Waals surface area contributed by atoms with Crippen molar-refractivity contribution in [1.82, 2.24) is 24.6 Å². The van der Waals surface area contributed by atoms with E-state index in [2.05, 4.69) is 15.0 Å². The average molecular weight is 431 g/mol. The van der Waals surface area contributed by atoms with Gasteiger partial charge in [-0.05, 0) is 31.7 Å². The lowest BCUT2D eigenvalue weighted by Gasteiger charge is -2.41. The molecule has 5 rings (SSSR count). The molecule has 1 saturated carbocycles. The molecule has 0 radical (unpaired) electrons. The van der Waals surface area contributed by atoms with Crippen LogP contribution in [-0.2, 0) is 11.8 Å². The van der Waals surface area contributed by atoms with E-state index in [0.717, 1.165) is 43.7 Å². The molecular formula is C21H27F2N7O. The van der Waals surface area contributed by atoms with Crippen LogP contribution >= 0.6 is 0 Å². The zero-order valence-corrected chi connectivity index (χ0v) is 17.8. The minimum atomic E-state index is -2.82. The van der Waals surface area contributed by atoms with Gasteiger partial charge < -0.3 is 14.7 Å². The number of aryl methyl sites for hydroxylation is 1. The number of aromatic nitrogens is 4. The van der Waals surface area contributed by atoms with Crippen LogP contribution in [0, 0.1) is 5.92 Å². The number of piperidine rings is 1. The first kappa shape index (κ1) is 20.1. The smallest absolute Gasteiger partial charge is 0.260 e. The predicted molar refractivity (Wildman–Crippen MR) is 111 cm³/mol. The number of hydrogen-bond donors (Lipinski definition) is 0. The Balaban J connectivity index is 1.37. The van der Waals surface area contributed by atoms with E-state index in [1.165, 1.54) is 0 Å². The summed E-state index contributed by atoms with van der Waals surface area (Å²) >= 11 is 0. The summed E-state index contributed by atoms with van der Waals surface area (Å²) in [7, 11) is 3.75. The van der Waals surface area contributed by atoms with Crippen LogP contribution in [0.1, 0.15) is 32.1 Å². The fraction of sp³-hybridized carbons (Fsp3) is 0.619. The molecule has 3 atom stereocenters. The third-order valence-corrected chi connectivity index (χ3v) is 6.73. The molecule has 0 N–H and O–H groups in total. The van der Waals surface area contributed by atoms with Crippen molar-refractivity contribution in [1.29, 1.82) is 0 Å². The van der Waals surface area contributed by atoms with Gasteiger partial charge in [0.05, 0.1) is 11.9 Å². The van der Waals surface area contributed by atoms with Gasteiger partial charge in [0, 0.05) is 58.1 Å². The molecule has 0 aromatic carbocycles. The number of halogens is 2. The largest absolute Gasteiger partial charge is 0.354 e. The second-order valence-electron chi connectivity index (χ2n) is 8.88. The molecule has 0 spiro atoms. The molecule has 2 aromatic heterocycles. The number of rotatable bonds is 4. The van der Waals surface area contributed by atoms with E-state index in [-0.39, 0.29) is 24.4 Å². The molecule has 3 fully saturated rings. The van der Waals surface area contributed by atoms with Crippen LogP contribution in [-0.4, -0.2) is 68.7 Å². The van der Waals surface area contributed by atoms with Gasteiger partial charge in [-0.3, -0.25) is 9.48 Å². The van der Waals surface area contributed by atoms with Crippen molar-refractivity contribution in [2.24, 2.45) is 13.0 Å². The summed E-state index contributed by atoms with van der Waals surface area (Å²) in [5.41, 5.74) is 0.883. The van der Waals surface area contributed by atoms with E-state index in [0.29, 0.717) is 12.5 Å². The van der Waals surface area contributed by atoms with Gasteiger partial charge >= 0.3 is 0 Å². The highest BCUT2D eigenvalue weighted by atomic mass is 19.3. The van der Waals surface area contributed by atoms with Crippen molar-refractivity contribution in [3.8, 4) is 0 Å². The number of fused-ring (bicyclic) bond motifs is 2. The third kappa shape index (κ3) is 3.72. The van der Waals surface area contributed by atoms with Gasteiger partial charge in [-0.2, -0.15) is 10.1 Å². The summed E-state index contributed by atoms with van der Waals surface area (Å²) in [6.45, 7) is 1.34. The monoisotopic (exact) mass is 431 g/mol. The molecule has 166 valence electrons. The maximum atomic E-state index is 13.6. The van der Waals surface area contributed by atoms with Gasteiger partial charge in [0.15, 0.2) is 0 Å². The molecule has 2 aromatic rings. The molecule has 31 heavy (non-hydrogen) atoms. The highest BCUT2D eigenvalue weighted by Crippen LogP contribution is 2.50. The molecule has 4 heterocycles. The standard InChI is InChI=1S/C21H27F2N7O/c1-27-12-16(11-25-27)28(2)20-24-8-6-18(26-20)29-9-7-14-4-3-5-15(13-29)30(14)19(31)17-10-21(17,22)23/h6,8,11-12,14-15,17H,3-5,7,9-10,13H2,1-2H3/t14-,15-,17-/m0/s1. The Kier molecular flexibility index (Phi) is 4.82. The number of carbonyl (C=O) groups is 1. The van der Waals surface area contributed by atoms with Crippen LogP contribution in [0.4, 0.5) is 26.2 Å². The maximum Gasteiger partial charge on any atom is 0.260 e. The zero-order chi connectivity index (χ0) is 21.8. The molecule has 2 saturated heterocycles. The fourth-order valence-electron chi connectivity index (χ4n) is 4.88. The lowest BCUT2D eigenvalue weighted by molar-refractivity contribution is -0.141. The van der Waals surface area contributed by atoms with E-state index in [1.54, 1.807) is 22.0 Å². The lowest BCUT2D eigenvalue weighted by Crippen LogP contribution is -2.52. The van der Waals surface area contributed by atoms with E-state index < -0.39 is 11.8 Å². The summed E-state index contributed by atoms with van der Waals surface area (Å²) in [6, 6.07) is 1.85. The first-order chi connectivity index (χ1) is 14.8. The molecule has 2 aliphatic heterocycles. The van der Waals surface area contributed by atoms with Gasteiger partial charge in [0.25, 0.3) is 5.92 Å². The van der Waals surface area contributed by atoms with Crippen molar-refractivity contribution >= 4 is 23.4 Å². The Hall–Kier alpha value is -2.78. The maximum absolute atomic E-state index is 13.6. The summed E-state index contributed by atoms with van der Waals surface area (Å²) in [4.78, 5) is 27.9. The van der Waals surface area contributed by atoms with Crippen molar-refractivity contribution in [3.05, 3.63) is 24.7 Å². The van der Waals surface area contributed by atoms with Gasteiger partial charge in [0.1, 0.15) is 11.7 Å². The lowest BCUT2D eigenvalue weighted by atomic mass is 9.94. The molecule has 3 aliphatic rings. The number of carbonyl (C=O) groups excluding carboxylic acids is 1. The van der Waals surface area contributed by atoms with E-state index >= 15 is 0 Å². The number of alkyl halides is 2. The Bertz CT molecular complexity index is 980. The molecule has 2 bridgehead atoms. The van der Waals surface area contributed by atoms with E-state index in [4.69, 9.17) is 4.98 Å². The Morgan fingerprint density at radius 1 is 1.26 bits per heavy atom. The quantitative estimate of drug-likeness (QED) is 0.741.